The highest BCUT2D eigenvalue weighted by Gasteiger charge is 1.99. The fourth-order valence-electron chi connectivity index (χ4n) is 1.25. The number of hydrogen-bond donors (Lipinski definition) is 1. The van der Waals surface area contributed by atoms with Crippen molar-refractivity contribution in [3.05, 3.63) is 23.8 Å². The van der Waals surface area contributed by atoms with Gasteiger partial charge in [-0.3, -0.25) is 0 Å². The smallest absolute Gasteiger partial charge is 0.328 e. The molecule has 15 heavy (non-hydrogen) atoms. The molecule has 2 heteroatoms. The van der Waals surface area contributed by atoms with Gasteiger partial charge >= 0.3 is 5.97 Å². The minimum atomic E-state index is -0.882. The first-order valence-corrected chi connectivity index (χ1v) is 5.51. The van der Waals surface area contributed by atoms with Gasteiger partial charge in [0.05, 0.1) is 0 Å². The molecule has 1 N–H and O–H groups in total. The van der Waals surface area contributed by atoms with Crippen molar-refractivity contribution in [3.8, 4) is 0 Å². The van der Waals surface area contributed by atoms with Gasteiger partial charge in [0.2, 0.25) is 0 Å². The zero-order chi connectivity index (χ0) is 11.8. The molecule has 0 aliphatic rings. The summed E-state index contributed by atoms with van der Waals surface area (Å²) in [4.78, 5) is 10.4. The average Bonchev–Trinajstić information content (AvgIpc) is 2.10. The predicted molar refractivity (Wildman–Crippen MR) is 63.8 cm³/mol. The third kappa shape index (κ3) is 9.26. The van der Waals surface area contributed by atoms with Gasteiger partial charge in [0, 0.05) is 6.08 Å². The van der Waals surface area contributed by atoms with Crippen LogP contribution in [-0.4, -0.2) is 11.1 Å². The third-order valence-corrected chi connectivity index (χ3v) is 2.24. The number of hydrogen-bond acceptors (Lipinski definition) is 1. The van der Waals surface area contributed by atoms with Crippen LogP contribution in [0.3, 0.4) is 0 Å². The molecular weight excluding hydrogens is 188 g/mol. The maximum Gasteiger partial charge on any atom is 0.328 e. The molecule has 1 atom stereocenters. The molecule has 0 aromatic heterocycles. The lowest BCUT2D eigenvalue weighted by molar-refractivity contribution is -0.131. The van der Waals surface area contributed by atoms with Gasteiger partial charge in [0.15, 0.2) is 0 Å². The highest BCUT2D eigenvalue weighted by atomic mass is 16.4. The van der Waals surface area contributed by atoms with Crippen LogP contribution in [-0.2, 0) is 4.79 Å². The first-order chi connectivity index (χ1) is 6.91. The zero-order valence-electron chi connectivity index (χ0n) is 10.2. The van der Waals surface area contributed by atoms with Gasteiger partial charge in [-0.15, -0.1) is 0 Å². The van der Waals surface area contributed by atoms with Crippen LogP contribution in [0.4, 0.5) is 0 Å². The van der Waals surface area contributed by atoms with Crippen LogP contribution in [0.2, 0.25) is 0 Å². The summed E-state index contributed by atoms with van der Waals surface area (Å²) >= 11 is 0. The van der Waals surface area contributed by atoms with Crippen LogP contribution in [0.25, 0.3) is 0 Å². The van der Waals surface area contributed by atoms with Crippen LogP contribution in [0.15, 0.2) is 23.8 Å². The molecule has 0 bridgehead atoms. The summed E-state index contributed by atoms with van der Waals surface area (Å²) in [6.07, 6.45) is 7.57. The molecule has 0 heterocycles. The van der Waals surface area contributed by atoms with E-state index in [2.05, 4.69) is 26.8 Å². The van der Waals surface area contributed by atoms with E-state index in [9.17, 15) is 4.79 Å². The summed E-state index contributed by atoms with van der Waals surface area (Å²) in [5, 5.41) is 8.51. The van der Waals surface area contributed by atoms with Crippen LogP contribution >= 0.6 is 0 Å². The van der Waals surface area contributed by atoms with Gasteiger partial charge < -0.3 is 5.11 Å². The second-order valence-electron chi connectivity index (χ2n) is 4.53. The van der Waals surface area contributed by atoms with E-state index in [-0.39, 0.29) is 0 Å². The Kier molecular flexibility index (Phi) is 6.76. The quantitative estimate of drug-likeness (QED) is 0.536. The van der Waals surface area contributed by atoms with Crippen molar-refractivity contribution in [2.45, 2.75) is 40.5 Å². The van der Waals surface area contributed by atoms with Gasteiger partial charge in [-0.25, -0.2) is 4.79 Å². The predicted octanol–water partition coefficient (Wildman–Crippen LogP) is 3.65. The second-order valence-corrected chi connectivity index (χ2v) is 4.53. The Balaban J connectivity index is 3.99. The molecule has 2 nitrogen and oxygen atoms in total. The molecule has 1 unspecified atom stereocenters. The first kappa shape index (κ1) is 13.9. The number of rotatable bonds is 6. The lowest BCUT2D eigenvalue weighted by Gasteiger charge is -2.08. The number of carbonyl (C=O) groups is 1. The van der Waals surface area contributed by atoms with Gasteiger partial charge in [0.25, 0.3) is 0 Å². The van der Waals surface area contributed by atoms with E-state index in [1.165, 1.54) is 12.5 Å². The summed E-state index contributed by atoms with van der Waals surface area (Å²) in [6, 6.07) is 0. The standard InChI is InChI=1S/C13H22O2/c1-10(2)5-6-11(3)7-8-12(4)9-13(14)15/h7-11H,5-6H2,1-4H3,(H,14,15). The Labute approximate surface area is 92.7 Å². The topological polar surface area (TPSA) is 37.3 Å². The molecular formula is C13H22O2. The van der Waals surface area contributed by atoms with Crippen LogP contribution in [0.5, 0.6) is 0 Å². The molecule has 0 aromatic rings. The van der Waals surface area contributed by atoms with Crippen LogP contribution in [0.1, 0.15) is 40.5 Å². The zero-order valence-corrected chi connectivity index (χ0v) is 10.2. The average molecular weight is 210 g/mol. The Hall–Kier alpha value is -1.05. The van der Waals surface area contributed by atoms with E-state index >= 15 is 0 Å². The molecule has 0 amide bonds. The summed E-state index contributed by atoms with van der Waals surface area (Å²) in [6.45, 7) is 8.39. The molecule has 0 rings (SSSR count). The summed E-state index contributed by atoms with van der Waals surface area (Å²) < 4.78 is 0. The SMILES string of the molecule is CC(C=CC(C)CCC(C)C)=CC(=O)O. The minimum absolute atomic E-state index is 0.518. The van der Waals surface area contributed by atoms with Gasteiger partial charge in [0.1, 0.15) is 0 Å². The van der Waals surface area contributed by atoms with Crippen molar-refractivity contribution >= 4 is 5.97 Å². The molecule has 0 aliphatic carbocycles. The van der Waals surface area contributed by atoms with E-state index in [1.807, 2.05) is 6.08 Å². The van der Waals surface area contributed by atoms with Gasteiger partial charge in [-0.1, -0.05) is 39.3 Å². The molecule has 0 saturated heterocycles. The first-order valence-electron chi connectivity index (χ1n) is 5.51. The van der Waals surface area contributed by atoms with Crippen molar-refractivity contribution in [1.29, 1.82) is 0 Å². The Morgan fingerprint density at radius 1 is 1.27 bits per heavy atom. The van der Waals surface area contributed by atoms with E-state index in [0.717, 1.165) is 17.9 Å². The van der Waals surface area contributed by atoms with Gasteiger partial charge in [-0.05, 0) is 30.8 Å². The fourth-order valence-corrected chi connectivity index (χ4v) is 1.25. The summed E-state index contributed by atoms with van der Waals surface area (Å²) in [5.74, 6) is 0.369. The monoisotopic (exact) mass is 210 g/mol. The van der Waals surface area contributed by atoms with Crippen molar-refractivity contribution in [2.24, 2.45) is 11.8 Å². The normalized spacial score (nSPS) is 14.9. The van der Waals surface area contributed by atoms with Gasteiger partial charge in [-0.2, -0.15) is 0 Å². The molecule has 0 fully saturated rings. The maximum atomic E-state index is 10.4. The largest absolute Gasteiger partial charge is 0.478 e. The number of carboxylic acids is 1. The lowest BCUT2D eigenvalue weighted by Crippen LogP contribution is -1.94. The Morgan fingerprint density at radius 3 is 2.33 bits per heavy atom. The van der Waals surface area contributed by atoms with E-state index in [0.29, 0.717) is 5.92 Å². The van der Waals surface area contributed by atoms with E-state index < -0.39 is 5.97 Å². The fraction of sp³-hybridized carbons (Fsp3) is 0.615. The van der Waals surface area contributed by atoms with Crippen molar-refractivity contribution in [2.75, 3.05) is 0 Å². The third-order valence-electron chi connectivity index (χ3n) is 2.24. The Morgan fingerprint density at radius 2 is 1.87 bits per heavy atom. The molecule has 0 radical (unpaired) electrons. The van der Waals surface area contributed by atoms with Crippen molar-refractivity contribution in [1.82, 2.24) is 0 Å². The number of allylic oxidation sites excluding steroid dienone is 3. The molecule has 86 valence electrons. The molecule has 0 aromatic carbocycles. The van der Waals surface area contributed by atoms with E-state index in [1.54, 1.807) is 6.92 Å². The second kappa shape index (κ2) is 7.27. The number of aliphatic carboxylic acids is 1. The van der Waals surface area contributed by atoms with Crippen LogP contribution in [0, 0.1) is 11.8 Å². The number of carboxylic acid groups (broad SMARTS) is 1. The van der Waals surface area contributed by atoms with Crippen LogP contribution < -0.4 is 0 Å². The molecule has 0 spiro atoms. The van der Waals surface area contributed by atoms with Crippen molar-refractivity contribution in [3.63, 3.8) is 0 Å². The maximum absolute atomic E-state index is 10.4. The highest BCUT2D eigenvalue weighted by molar-refractivity contribution is 5.81. The Bertz CT molecular complexity index is 249. The summed E-state index contributed by atoms with van der Waals surface area (Å²) in [5.41, 5.74) is 0.791. The highest BCUT2D eigenvalue weighted by Crippen LogP contribution is 2.13. The molecule has 0 aliphatic heterocycles. The van der Waals surface area contributed by atoms with Crippen molar-refractivity contribution < 1.29 is 9.90 Å². The lowest BCUT2D eigenvalue weighted by atomic mass is 9.98. The van der Waals surface area contributed by atoms with E-state index in [4.69, 9.17) is 5.11 Å². The minimum Gasteiger partial charge on any atom is -0.478 e. The molecule has 0 saturated carbocycles. The summed E-state index contributed by atoms with van der Waals surface area (Å²) in [7, 11) is 0.